The average molecular weight is 819 g/mol. The molecule has 2 heteroatoms. The molecule has 2 aliphatic carbocycles. The minimum absolute atomic E-state index is 1.10. The Morgan fingerprint density at radius 2 is 0.938 bits per heavy atom. The minimum Gasteiger partial charge on any atom is -0.311 e. The molecule has 0 amide bonds. The molecule has 2 aliphatic rings. The molecule has 1 aromatic heterocycles. The molecule has 1 heterocycles. The molecule has 0 saturated heterocycles. The summed E-state index contributed by atoms with van der Waals surface area (Å²) in [4.78, 5) is 2.37. The molecule has 0 spiro atoms. The SMILES string of the molecule is C1=CC(c2ccc(-n3c4ccccc4c4cc(-c5ccc(N(c6ccc(-c7ccc8c(c7)C=CCC8)cc6)c6ccc(-c7ccc8ccccc8c7)cc6)cc5)ccc43)cc2)=CCC1. The van der Waals surface area contributed by atoms with Gasteiger partial charge in [-0.3, -0.25) is 0 Å². The second kappa shape index (κ2) is 16.1. The van der Waals surface area contributed by atoms with Gasteiger partial charge in [-0.25, -0.2) is 0 Å². The summed E-state index contributed by atoms with van der Waals surface area (Å²) in [5.41, 5.74) is 19.5. The van der Waals surface area contributed by atoms with Crippen LogP contribution >= 0.6 is 0 Å². The van der Waals surface area contributed by atoms with Gasteiger partial charge in [-0.05, 0) is 171 Å². The summed E-state index contributed by atoms with van der Waals surface area (Å²) in [6.45, 7) is 0. The zero-order chi connectivity index (χ0) is 42.4. The third-order valence-electron chi connectivity index (χ3n) is 13.3. The fourth-order valence-corrected chi connectivity index (χ4v) is 9.89. The lowest BCUT2D eigenvalue weighted by atomic mass is 9.93. The maximum Gasteiger partial charge on any atom is 0.0541 e. The first-order valence-corrected chi connectivity index (χ1v) is 22.6. The quantitative estimate of drug-likeness (QED) is 0.148. The summed E-state index contributed by atoms with van der Waals surface area (Å²) < 4.78 is 2.41. The van der Waals surface area contributed by atoms with Crippen LogP contribution in [0, 0.1) is 0 Å². The van der Waals surface area contributed by atoms with Crippen molar-refractivity contribution in [2.75, 3.05) is 4.90 Å². The molecule has 0 fully saturated rings. The summed E-state index contributed by atoms with van der Waals surface area (Å²) in [5.74, 6) is 0. The van der Waals surface area contributed by atoms with Crippen molar-refractivity contribution in [3.05, 3.63) is 241 Å². The van der Waals surface area contributed by atoms with Crippen molar-refractivity contribution in [1.82, 2.24) is 4.57 Å². The fraction of sp³-hybridized carbons (Fsp3) is 0.0645. The minimum atomic E-state index is 1.10. The highest BCUT2D eigenvalue weighted by Crippen LogP contribution is 2.40. The summed E-state index contributed by atoms with van der Waals surface area (Å²) in [6.07, 6.45) is 15.9. The van der Waals surface area contributed by atoms with Gasteiger partial charge in [0.1, 0.15) is 0 Å². The smallest absolute Gasteiger partial charge is 0.0541 e. The van der Waals surface area contributed by atoms with Crippen LogP contribution in [0.15, 0.2) is 224 Å². The predicted octanol–water partition coefficient (Wildman–Crippen LogP) is 17.1. The first-order valence-electron chi connectivity index (χ1n) is 22.6. The lowest BCUT2D eigenvalue weighted by Gasteiger charge is -2.26. The van der Waals surface area contributed by atoms with Gasteiger partial charge in [-0.2, -0.15) is 0 Å². The Bertz CT molecular complexity index is 3450. The average Bonchev–Trinajstić information content (AvgIpc) is 3.71. The Morgan fingerprint density at radius 3 is 1.64 bits per heavy atom. The second-order valence-corrected chi connectivity index (χ2v) is 17.2. The number of fused-ring (bicyclic) bond motifs is 5. The van der Waals surface area contributed by atoms with E-state index in [9.17, 15) is 0 Å². The highest BCUT2D eigenvalue weighted by atomic mass is 15.1. The van der Waals surface area contributed by atoms with Gasteiger partial charge in [0, 0.05) is 33.5 Å². The number of aromatic nitrogens is 1. The van der Waals surface area contributed by atoms with Gasteiger partial charge in [-0.15, -0.1) is 0 Å². The molecule has 0 atom stereocenters. The number of rotatable bonds is 8. The van der Waals surface area contributed by atoms with Crippen molar-refractivity contribution in [1.29, 1.82) is 0 Å². The molecule has 304 valence electrons. The Kier molecular flexibility index (Phi) is 9.49. The van der Waals surface area contributed by atoms with E-state index in [1.165, 1.54) is 93.9 Å². The van der Waals surface area contributed by atoms with E-state index in [4.69, 9.17) is 0 Å². The molecule has 12 rings (SSSR count). The standard InChI is InChI=1S/C62H46N2/c1-2-10-43(11-3-1)46-22-37-58(38-23-46)64-61-17-9-8-16-59(61)60-42-54(30-39-62(60)64)49-28-35-57(36-29-49)63(55-31-24-47(25-32-55)52-20-18-44-12-4-6-14-50(44)40-52)56-33-26-48(27-34-56)53-21-19-45-13-5-7-15-51(45)41-53/h2,4,6-12,14-42H,1,3,5,13H2. The van der Waals surface area contributed by atoms with Crippen LogP contribution in [0.1, 0.15) is 36.0 Å². The normalized spacial score (nSPS) is 13.3. The van der Waals surface area contributed by atoms with E-state index < -0.39 is 0 Å². The van der Waals surface area contributed by atoms with Gasteiger partial charge in [-0.1, -0.05) is 152 Å². The van der Waals surface area contributed by atoms with Gasteiger partial charge >= 0.3 is 0 Å². The van der Waals surface area contributed by atoms with Crippen molar-refractivity contribution < 1.29 is 0 Å². The van der Waals surface area contributed by atoms with E-state index >= 15 is 0 Å². The summed E-state index contributed by atoms with van der Waals surface area (Å²) in [5, 5.41) is 5.02. The Labute approximate surface area is 375 Å². The lowest BCUT2D eigenvalue weighted by Crippen LogP contribution is -2.09. The van der Waals surface area contributed by atoms with Gasteiger partial charge < -0.3 is 9.47 Å². The highest BCUT2D eigenvalue weighted by Gasteiger charge is 2.17. The molecule has 0 unspecified atom stereocenters. The number of aryl methyl sites for hydroxylation is 1. The monoisotopic (exact) mass is 818 g/mol. The summed E-state index contributed by atoms with van der Waals surface area (Å²) in [6, 6.07) is 74.1. The van der Waals surface area contributed by atoms with E-state index in [2.05, 4.69) is 240 Å². The van der Waals surface area contributed by atoms with Crippen LogP contribution in [0.3, 0.4) is 0 Å². The molecule has 64 heavy (non-hydrogen) atoms. The zero-order valence-electron chi connectivity index (χ0n) is 35.7. The van der Waals surface area contributed by atoms with E-state index in [1.807, 2.05) is 0 Å². The number of hydrogen-bond donors (Lipinski definition) is 0. The molecule has 0 radical (unpaired) electrons. The van der Waals surface area contributed by atoms with Gasteiger partial charge in [0.2, 0.25) is 0 Å². The van der Waals surface area contributed by atoms with Crippen LogP contribution in [0.4, 0.5) is 17.1 Å². The Morgan fingerprint density at radius 1 is 0.375 bits per heavy atom. The Hall–Kier alpha value is -7.94. The lowest BCUT2D eigenvalue weighted by molar-refractivity contribution is 0.986. The molecular weight excluding hydrogens is 773 g/mol. The van der Waals surface area contributed by atoms with Crippen molar-refractivity contribution in [3.8, 4) is 39.1 Å². The first-order chi connectivity index (χ1) is 31.7. The molecule has 2 nitrogen and oxygen atoms in total. The van der Waals surface area contributed by atoms with Crippen molar-refractivity contribution in [2.24, 2.45) is 0 Å². The van der Waals surface area contributed by atoms with E-state index in [1.54, 1.807) is 0 Å². The molecule has 0 saturated carbocycles. The van der Waals surface area contributed by atoms with Crippen molar-refractivity contribution in [3.63, 3.8) is 0 Å². The van der Waals surface area contributed by atoms with E-state index in [-0.39, 0.29) is 0 Å². The van der Waals surface area contributed by atoms with Crippen LogP contribution in [0.5, 0.6) is 0 Å². The first kappa shape index (κ1) is 37.8. The summed E-state index contributed by atoms with van der Waals surface area (Å²) >= 11 is 0. The third kappa shape index (κ3) is 6.94. The maximum atomic E-state index is 2.41. The molecular formula is C62H46N2. The van der Waals surface area contributed by atoms with Gasteiger partial charge in [0.05, 0.1) is 11.0 Å². The molecule has 10 aromatic rings. The number of hydrogen-bond acceptors (Lipinski definition) is 1. The van der Waals surface area contributed by atoms with Crippen LogP contribution in [0.2, 0.25) is 0 Å². The van der Waals surface area contributed by atoms with Crippen molar-refractivity contribution in [2.45, 2.75) is 25.7 Å². The van der Waals surface area contributed by atoms with Crippen LogP contribution in [-0.4, -0.2) is 4.57 Å². The molecule has 9 aromatic carbocycles. The molecule has 0 aliphatic heterocycles. The maximum absolute atomic E-state index is 2.41. The largest absolute Gasteiger partial charge is 0.311 e. The van der Waals surface area contributed by atoms with Gasteiger partial charge in [0.15, 0.2) is 0 Å². The fourth-order valence-electron chi connectivity index (χ4n) is 9.89. The zero-order valence-corrected chi connectivity index (χ0v) is 35.7. The third-order valence-corrected chi connectivity index (χ3v) is 13.3. The molecule has 0 N–H and O–H groups in total. The number of nitrogens with zero attached hydrogens (tertiary/aromatic N) is 2. The molecule has 0 bridgehead atoms. The topological polar surface area (TPSA) is 8.17 Å². The van der Waals surface area contributed by atoms with Crippen LogP contribution in [0.25, 0.3) is 83.3 Å². The second-order valence-electron chi connectivity index (χ2n) is 17.2. The number of allylic oxidation sites excluding steroid dienone is 5. The number of para-hydroxylation sites is 1. The van der Waals surface area contributed by atoms with Gasteiger partial charge in [0.25, 0.3) is 0 Å². The van der Waals surface area contributed by atoms with E-state index in [0.717, 1.165) is 42.7 Å². The van der Waals surface area contributed by atoms with Crippen molar-refractivity contribution >= 4 is 61.3 Å². The van der Waals surface area contributed by atoms with E-state index in [0.29, 0.717) is 0 Å². The van der Waals surface area contributed by atoms with Crippen LogP contribution < -0.4 is 4.90 Å². The number of benzene rings is 9. The Balaban J connectivity index is 0.894. The van der Waals surface area contributed by atoms with Crippen LogP contribution in [-0.2, 0) is 6.42 Å². The summed E-state index contributed by atoms with van der Waals surface area (Å²) in [7, 11) is 0. The predicted molar refractivity (Wildman–Crippen MR) is 273 cm³/mol. The highest BCUT2D eigenvalue weighted by molar-refractivity contribution is 6.10. The number of anilines is 3.